The average Bonchev–Trinajstić information content (AvgIpc) is 3.46. The van der Waals surface area contributed by atoms with Crippen LogP contribution >= 0.6 is 0 Å². The van der Waals surface area contributed by atoms with Gasteiger partial charge in [0.2, 0.25) is 0 Å². The summed E-state index contributed by atoms with van der Waals surface area (Å²) >= 11 is 0. The number of aliphatic hydroxyl groups excluding tert-OH is 1. The molecule has 0 bridgehead atoms. The summed E-state index contributed by atoms with van der Waals surface area (Å²) in [5.74, 6) is 0.275. The molecule has 3 aromatic rings. The molecule has 0 spiro atoms. The van der Waals surface area contributed by atoms with Crippen LogP contribution < -0.4 is 14.2 Å². The number of aliphatic hydroxyl groups is 1. The van der Waals surface area contributed by atoms with Crippen LogP contribution in [0.5, 0.6) is 17.2 Å². The lowest BCUT2D eigenvalue weighted by Crippen LogP contribution is -2.29. The lowest BCUT2D eigenvalue weighted by molar-refractivity contribution is -0.140. The molecule has 0 aromatic heterocycles. The summed E-state index contributed by atoms with van der Waals surface area (Å²) in [6, 6.07) is 19.5. The number of amides is 1. The molecule has 5 rings (SSSR count). The van der Waals surface area contributed by atoms with Gasteiger partial charge >= 0.3 is 0 Å². The number of fused-ring (bicyclic) bond motifs is 1. The van der Waals surface area contributed by atoms with Crippen LogP contribution in [0, 0.1) is 0 Å². The Morgan fingerprint density at radius 2 is 1.82 bits per heavy atom. The normalized spacial score (nSPS) is 19.4. The molecular formula is C33H35NO6. The number of unbranched alkanes of at least 4 members (excludes halogenated alkanes) is 2. The molecule has 1 N–H and O–H groups in total. The molecular weight excluding hydrogens is 506 g/mol. The van der Waals surface area contributed by atoms with Gasteiger partial charge in [-0.05, 0) is 60.4 Å². The third-order valence-electron chi connectivity index (χ3n) is 7.41. The van der Waals surface area contributed by atoms with Crippen molar-refractivity contribution in [1.82, 2.24) is 4.90 Å². The minimum atomic E-state index is -0.813. The summed E-state index contributed by atoms with van der Waals surface area (Å²) in [4.78, 5) is 28.5. The second kappa shape index (κ2) is 11.9. The molecule has 40 heavy (non-hydrogen) atoms. The summed E-state index contributed by atoms with van der Waals surface area (Å²) in [6.07, 6.45) is 3.85. The standard InChI is InChI=1S/C33H35NO6/c1-4-5-9-16-39-27-15-12-23(19-28(27)38-3)30-29(31(35)24-13-14-26-25(18-24)17-21(2)40-26)32(36)33(37)34(30)20-22-10-7-6-8-11-22/h6-8,10-15,18-19,21,30,35H,4-5,9,16-17,20H2,1-3H3. The summed E-state index contributed by atoms with van der Waals surface area (Å²) in [7, 11) is 1.56. The molecule has 3 aromatic carbocycles. The van der Waals surface area contributed by atoms with Gasteiger partial charge < -0.3 is 24.2 Å². The molecule has 2 heterocycles. The van der Waals surface area contributed by atoms with E-state index >= 15 is 0 Å². The summed E-state index contributed by atoms with van der Waals surface area (Å²) in [5, 5.41) is 11.6. The van der Waals surface area contributed by atoms with Crippen LogP contribution in [0.3, 0.4) is 0 Å². The molecule has 0 saturated carbocycles. The number of carbonyl (C=O) groups is 2. The van der Waals surface area contributed by atoms with Gasteiger partial charge in [-0.15, -0.1) is 0 Å². The Morgan fingerprint density at radius 1 is 1.02 bits per heavy atom. The maximum Gasteiger partial charge on any atom is 0.295 e. The molecule has 1 fully saturated rings. The van der Waals surface area contributed by atoms with E-state index in [0.29, 0.717) is 35.7 Å². The van der Waals surface area contributed by atoms with Gasteiger partial charge in [0.25, 0.3) is 11.7 Å². The van der Waals surface area contributed by atoms with Crippen LogP contribution in [-0.4, -0.2) is 41.5 Å². The number of ketones is 1. The third kappa shape index (κ3) is 5.41. The van der Waals surface area contributed by atoms with E-state index in [-0.39, 0.29) is 24.0 Å². The van der Waals surface area contributed by atoms with Crippen molar-refractivity contribution < 1.29 is 28.9 Å². The zero-order valence-corrected chi connectivity index (χ0v) is 23.2. The molecule has 208 valence electrons. The number of likely N-dealkylation sites (tertiary alicyclic amines) is 1. The number of rotatable bonds is 10. The molecule has 2 unspecified atom stereocenters. The zero-order valence-electron chi connectivity index (χ0n) is 23.2. The average molecular weight is 542 g/mol. The Labute approximate surface area is 235 Å². The number of carbonyl (C=O) groups excluding carboxylic acids is 2. The molecule has 0 radical (unpaired) electrons. The number of benzene rings is 3. The second-order valence-corrected chi connectivity index (χ2v) is 10.3. The smallest absolute Gasteiger partial charge is 0.295 e. The van der Waals surface area contributed by atoms with Crippen LogP contribution in [0.1, 0.15) is 61.4 Å². The topological polar surface area (TPSA) is 85.3 Å². The van der Waals surface area contributed by atoms with E-state index in [4.69, 9.17) is 14.2 Å². The Balaban J connectivity index is 1.58. The van der Waals surface area contributed by atoms with E-state index in [1.165, 1.54) is 4.90 Å². The predicted octanol–water partition coefficient (Wildman–Crippen LogP) is 6.21. The molecule has 2 atom stereocenters. The minimum Gasteiger partial charge on any atom is -0.507 e. The van der Waals surface area contributed by atoms with Crippen molar-refractivity contribution in [3.8, 4) is 17.2 Å². The molecule has 0 aliphatic carbocycles. The van der Waals surface area contributed by atoms with Crippen LogP contribution in [0.4, 0.5) is 0 Å². The van der Waals surface area contributed by atoms with Crippen molar-refractivity contribution in [2.24, 2.45) is 0 Å². The Morgan fingerprint density at radius 3 is 2.58 bits per heavy atom. The quantitative estimate of drug-likeness (QED) is 0.142. The fraction of sp³-hybridized carbons (Fsp3) is 0.333. The Kier molecular flexibility index (Phi) is 8.10. The Hall–Kier alpha value is -4.26. The van der Waals surface area contributed by atoms with Crippen molar-refractivity contribution >= 4 is 17.4 Å². The first-order valence-electron chi connectivity index (χ1n) is 13.8. The lowest BCUT2D eigenvalue weighted by Gasteiger charge is -2.26. The van der Waals surface area contributed by atoms with Gasteiger partial charge in [0, 0.05) is 18.5 Å². The van der Waals surface area contributed by atoms with Gasteiger partial charge in [0.05, 0.1) is 25.3 Å². The van der Waals surface area contributed by atoms with Crippen LogP contribution in [0.25, 0.3) is 5.76 Å². The molecule has 7 nitrogen and oxygen atoms in total. The fourth-order valence-electron chi connectivity index (χ4n) is 5.40. The van der Waals surface area contributed by atoms with Gasteiger partial charge in [0.1, 0.15) is 17.6 Å². The minimum absolute atomic E-state index is 0.0408. The van der Waals surface area contributed by atoms with Crippen molar-refractivity contribution in [3.63, 3.8) is 0 Å². The van der Waals surface area contributed by atoms with Crippen LogP contribution in [0.15, 0.2) is 72.3 Å². The Bertz CT molecular complexity index is 1430. The largest absolute Gasteiger partial charge is 0.507 e. The van der Waals surface area contributed by atoms with Crippen LogP contribution in [-0.2, 0) is 22.6 Å². The third-order valence-corrected chi connectivity index (χ3v) is 7.41. The molecule has 1 saturated heterocycles. The number of Topliss-reactive ketones (excluding diaryl/α,β-unsaturated/α-hetero) is 1. The highest BCUT2D eigenvalue weighted by Crippen LogP contribution is 2.43. The number of nitrogens with zero attached hydrogens (tertiary/aromatic N) is 1. The van der Waals surface area contributed by atoms with Crippen LogP contribution in [0.2, 0.25) is 0 Å². The van der Waals surface area contributed by atoms with Gasteiger partial charge in [-0.25, -0.2) is 0 Å². The lowest BCUT2D eigenvalue weighted by atomic mass is 9.94. The van der Waals surface area contributed by atoms with Gasteiger partial charge in [-0.1, -0.05) is 56.2 Å². The second-order valence-electron chi connectivity index (χ2n) is 10.3. The van der Waals surface area contributed by atoms with E-state index < -0.39 is 17.7 Å². The van der Waals surface area contributed by atoms with E-state index in [0.717, 1.165) is 36.1 Å². The first-order valence-corrected chi connectivity index (χ1v) is 13.8. The van der Waals surface area contributed by atoms with Crippen molar-refractivity contribution in [1.29, 1.82) is 0 Å². The summed E-state index contributed by atoms with van der Waals surface area (Å²) in [5.41, 5.74) is 3.00. The van der Waals surface area contributed by atoms with Crippen molar-refractivity contribution in [2.75, 3.05) is 13.7 Å². The van der Waals surface area contributed by atoms with E-state index in [1.54, 1.807) is 31.4 Å². The van der Waals surface area contributed by atoms with Crippen molar-refractivity contribution in [3.05, 3.63) is 94.6 Å². The maximum atomic E-state index is 13.5. The highest BCUT2D eigenvalue weighted by molar-refractivity contribution is 6.46. The first kappa shape index (κ1) is 27.3. The summed E-state index contributed by atoms with van der Waals surface area (Å²) < 4.78 is 17.4. The van der Waals surface area contributed by atoms with Gasteiger partial charge in [-0.2, -0.15) is 0 Å². The zero-order chi connectivity index (χ0) is 28.2. The van der Waals surface area contributed by atoms with Crippen molar-refractivity contribution in [2.45, 2.75) is 58.2 Å². The highest BCUT2D eigenvalue weighted by atomic mass is 16.5. The van der Waals surface area contributed by atoms with Gasteiger partial charge in [0.15, 0.2) is 11.5 Å². The molecule has 1 amide bonds. The van der Waals surface area contributed by atoms with E-state index in [2.05, 4.69) is 6.92 Å². The molecule has 7 heteroatoms. The number of ether oxygens (including phenoxy) is 3. The number of methoxy groups -OCH3 is 1. The van der Waals surface area contributed by atoms with E-state index in [9.17, 15) is 14.7 Å². The molecule has 2 aliphatic heterocycles. The number of hydrogen-bond acceptors (Lipinski definition) is 6. The SMILES string of the molecule is CCCCCOc1ccc(C2C(=C(O)c3ccc4c(c3)CC(C)O4)C(=O)C(=O)N2Cc2ccccc2)cc1OC. The first-order chi connectivity index (χ1) is 19.4. The predicted molar refractivity (Wildman–Crippen MR) is 153 cm³/mol. The monoisotopic (exact) mass is 541 g/mol. The highest BCUT2D eigenvalue weighted by Gasteiger charge is 2.46. The maximum absolute atomic E-state index is 13.5. The van der Waals surface area contributed by atoms with E-state index in [1.807, 2.05) is 49.4 Å². The molecule has 2 aliphatic rings. The van der Waals surface area contributed by atoms with Gasteiger partial charge in [-0.3, -0.25) is 9.59 Å². The fourth-order valence-corrected chi connectivity index (χ4v) is 5.40. The number of hydrogen-bond donors (Lipinski definition) is 1. The summed E-state index contributed by atoms with van der Waals surface area (Å²) in [6.45, 7) is 4.90.